The predicted octanol–water partition coefficient (Wildman–Crippen LogP) is 2.31. The van der Waals surface area contributed by atoms with Gasteiger partial charge in [-0.2, -0.15) is 0 Å². The van der Waals surface area contributed by atoms with Crippen molar-refractivity contribution in [3.8, 4) is 0 Å². The number of nitrogens with one attached hydrogen (secondary N) is 2. The van der Waals surface area contributed by atoms with Crippen molar-refractivity contribution in [1.82, 2.24) is 15.2 Å². The monoisotopic (exact) mass is 257 g/mol. The Labute approximate surface area is 115 Å². The van der Waals surface area contributed by atoms with E-state index in [0.29, 0.717) is 0 Å². The zero-order chi connectivity index (χ0) is 13.1. The topological polar surface area (TPSA) is 31.1 Å². The lowest BCUT2D eigenvalue weighted by Crippen LogP contribution is -2.43. The van der Waals surface area contributed by atoms with E-state index in [1.807, 2.05) is 0 Å². The van der Waals surface area contributed by atoms with Crippen LogP contribution in [0.4, 0.5) is 0 Å². The van der Waals surface area contributed by atoms with Crippen LogP contribution in [-0.2, 0) is 6.42 Å². The molecule has 19 heavy (non-hydrogen) atoms. The van der Waals surface area contributed by atoms with E-state index in [1.54, 1.807) is 0 Å². The molecular formula is C16H23N3. The Morgan fingerprint density at radius 3 is 2.89 bits per heavy atom. The molecule has 0 amide bonds. The fourth-order valence-electron chi connectivity index (χ4n) is 3.00. The van der Waals surface area contributed by atoms with Crippen LogP contribution in [0.25, 0.3) is 10.9 Å². The number of rotatable bonds is 4. The molecule has 2 N–H and O–H groups in total. The zero-order valence-corrected chi connectivity index (χ0v) is 11.7. The van der Waals surface area contributed by atoms with E-state index >= 15 is 0 Å². The SMILES string of the molecule is Cc1cccc2c(CCCN3CCNCC3)c[nH]c12. The molecule has 0 spiro atoms. The van der Waals surface area contributed by atoms with Gasteiger partial charge in [0.05, 0.1) is 0 Å². The molecule has 1 aliphatic rings. The van der Waals surface area contributed by atoms with Crippen molar-refractivity contribution in [2.75, 3.05) is 32.7 Å². The Morgan fingerprint density at radius 2 is 2.05 bits per heavy atom. The van der Waals surface area contributed by atoms with Crippen LogP contribution in [0.15, 0.2) is 24.4 Å². The molecule has 3 heteroatoms. The Balaban J connectivity index is 1.60. The van der Waals surface area contributed by atoms with Gasteiger partial charge >= 0.3 is 0 Å². The molecule has 2 aromatic rings. The molecule has 0 unspecified atom stereocenters. The predicted molar refractivity (Wildman–Crippen MR) is 80.7 cm³/mol. The number of nitrogens with zero attached hydrogens (tertiary/aromatic N) is 1. The number of hydrogen-bond donors (Lipinski definition) is 2. The molecule has 0 bridgehead atoms. The third-order valence-electron chi connectivity index (χ3n) is 4.14. The summed E-state index contributed by atoms with van der Waals surface area (Å²) in [6, 6.07) is 6.56. The molecule has 0 aliphatic carbocycles. The molecule has 3 nitrogen and oxygen atoms in total. The minimum Gasteiger partial charge on any atom is -0.361 e. The van der Waals surface area contributed by atoms with Crippen LogP contribution in [0, 0.1) is 6.92 Å². The molecule has 0 saturated carbocycles. The number of hydrogen-bond acceptors (Lipinski definition) is 2. The van der Waals surface area contributed by atoms with Gasteiger partial charge in [-0.25, -0.2) is 0 Å². The summed E-state index contributed by atoms with van der Waals surface area (Å²) in [6.07, 6.45) is 4.61. The first-order valence-electron chi connectivity index (χ1n) is 7.33. The summed E-state index contributed by atoms with van der Waals surface area (Å²) in [6.45, 7) is 8.09. The maximum absolute atomic E-state index is 3.42. The lowest BCUT2D eigenvalue weighted by molar-refractivity contribution is 0.238. The van der Waals surface area contributed by atoms with Gasteiger partial charge in [0.15, 0.2) is 0 Å². The van der Waals surface area contributed by atoms with Crippen LogP contribution in [0.1, 0.15) is 17.5 Å². The standard InChI is InChI=1S/C16H23N3/c1-13-4-2-6-15-14(12-18-16(13)15)5-3-9-19-10-7-17-8-11-19/h2,4,6,12,17-18H,3,5,7-11H2,1H3. The normalized spacial score (nSPS) is 17.1. The van der Waals surface area contributed by atoms with E-state index in [4.69, 9.17) is 0 Å². The van der Waals surface area contributed by atoms with Crippen molar-refractivity contribution in [3.05, 3.63) is 35.5 Å². The van der Waals surface area contributed by atoms with Crippen LogP contribution >= 0.6 is 0 Å². The largest absolute Gasteiger partial charge is 0.361 e. The third-order valence-corrected chi connectivity index (χ3v) is 4.14. The molecule has 1 aromatic heterocycles. The summed E-state index contributed by atoms with van der Waals surface area (Å²) in [4.78, 5) is 5.99. The average molecular weight is 257 g/mol. The van der Waals surface area contributed by atoms with Gasteiger partial charge in [-0.15, -0.1) is 0 Å². The Hall–Kier alpha value is -1.32. The Kier molecular flexibility index (Phi) is 3.85. The minimum atomic E-state index is 1.15. The summed E-state index contributed by atoms with van der Waals surface area (Å²) in [5, 5.41) is 4.81. The number of H-pyrrole nitrogens is 1. The minimum absolute atomic E-state index is 1.15. The summed E-state index contributed by atoms with van der Waals surface area (Å²) in [5.74, 6) is 0. The van der Waals surface area contributed by atoms with Gasteiger partial charge in [-0.1, -0.05) is 18.2 Å². The van der Waals surface area contributed by atoms with Gasteiger partial charge in [0.2, 0.25) is 0 Å². The van der Waals surface area contributed by atoms with Crippen molar-refractivity contribution in [1.29, 1.82) is 0 Å². The highest BCUT2D eigenvalue weighted by atomic mass is 15.2. The van der Waals surface area contributed by atoms with Gasteiger partial charge in [0, 0.05) is 43.3 Å². The van der Waals surface area contributed by atoms with Gasteiger partial charge < -0.3 is 15.2 Å². The lowest BCUT2D eigenvalue weighted by atomic mass is 10.1. The van der Waals surface area contributed by atoms with E-state index in [0.717, 1.165) is 13.1 Å². The van der Waals surface area contributed by atoms with E-state index in [9.17, 15) is 0 Å². The van der Waals surface area contributed by atoms with Crippen molar-refractivity contribution < 1.29 is 0 Å². The van der Waals surface area contributed by atoms with Crippen molar-refractivity contribution in [3.63, 3.8) is 0 Å². The molecule has 1 fully saturated rings. The number of fused-ring (bicyclic) bond motifs is 1. The van der Waals surface area contributed by atoms with Crippen molar-refractivity contribution in [2.45, 2.75) is 19.8 Å². The molecule has 1 saturated heterocycles. The maximum atomic E-state index is 3.42. The molecule has 102 valence electrons. The second kappa shape index (κ2) is 5.76. The van der Waals surface area contributed by atoms with E-state index in [1.165, 1.54) is 54.5 Å². The molecule has 1 aliphatic heterocycles. The molecule has 3 rings (SSSR count). The Morgan fingerprint density at radius 1 is 1.21 bits per heavy atom. The number of aryl methyl sites for hydroxylation is 2. The highest BCUT2D eigenvalue weighted by molar-refractivity contribution is 5.85. The van der Waals surface area contributed by atoms with Crippen LogP contribution in [0.5, 0.6) is 0 Å². The molecule has 0 atom stereocenters. The van der Waals surface area contributed by atoms with Gasteiger partial charge in [0.1, 0.15) is 0 Å². The smallest absolute Gasteiger partial charge is 0.0486 e. The molecule has 2 heterocycles. The van der Waals surface area contributed by atoms with E-state index < -0.39 is 0 Å². The number of para-hydroxylation sites is 1. The first kappa shape index (κ1) is 12.7. The fraction of sp³-hybridized carbons (Fsp3) is 0.500. The molecular weight excluding hydrogens is 234 g/mol. The summed E-state index contributed by atoms with van der Waals surface area (Å²) < 4.78 is 0. The molecule has 0 radical (unpaired) electrons. The highest BCUT2D eigenvalue weighted by Gasteiger charge is 2.10. The second-order valence-electron chi connectivity index (χ2n) is 5.51. The third kappa shape index (κ3) is 2.82. The van der Waals surface area contributed by atoms with E-state index in [2.05, 4.69) is 46.5 Å². The van der Waals surface area contributed by atoms with Crippen LogP contribution in [0.2, 0.25) is 0 Å². The number of benzene rings is 1. The van der Waals surface area contributed by atoms with Crippen LogP contribution in [0.3, 0.4) is 0 Å². The average Bonchev–Trinajstić information content (AvgIpc) is 2.85. The highest BCUT2D eigenvalue weighted by Crippen LogP contribution is 2.22. The van der Waals surface area contributed by atoms with Crippen molar-refractivity contribution in [2.24, 2.45) is 0 Å². The van der Waals surface area contributed by atoms with Crippen molar-refractivity contribution >= 4 is 10.9 Å². The van der Waals surface area contributed by atoms with E-state index in [-0.39, 0.29) is 0 Å². The second-order valence-corrected chi connectivity index (χ2v) is 5.51. The fourth-order valence-corrected chi connectivity index (χ4v) is 3.00. The zero-order valence-electron chi connectivity index (χ0n) is 11.7. The number of aromatic amines is 1. The van der Waals surface area contributed by atoms with Gasteiger partial charge in [-0.05, 0) is 37.4 Å². The number of piperazine rings is 1. The Bertz CT molecular complexity index is 538. The summed E-state index contributed by atoms with van der Waals surface area (Å²) >= 11 is 0. The number of aromatic nitrogens is 1. The van der Waals surface area contributed by atoms with Gasteiger partial charge in [0.25, 0.3) is 0 Å². The quantitative estimate of drug-likeness (QED) is 0.880. The summed E-state index contributed by atoms with van der Waals surface area (Å²) in [7, 11) is 0. The maximum Gasteiger partial charge on any atom is 0.0486 e. The summed E-state index contributed by atoms with van der Waals surface area (Å²) in [5.41, 5.74) is 4.11. The molecule has 1 aromatic carbocycles. The lowest BCUT2D eigenvalue weighted by Gasteiger charge is -2.26. The van der Waals surface area contributed by atoms with Gasteiger partial charge in [-0.3, -0.25) is 0 Å². The first-order chi connectivity index (χ1) is 9.34. The van der Waals surface area contributed by atoms with Crippen LogP contribution < -0.4 is 5.32 Å². The van der Waals surface area contributed by atoms with Crippen LogP contribution in [-0.4, -0.2) is 42.6 Å². The first-order valence-corrected chi connectivity index (χ1v) is 7.33.